The Kier molecular flexibility index (Phi) is 7.65. The standard InChI is InChI=1S/C20H32N2O3S/c1-16(2)8-7-9-17(3)21-20(23)18-12-14-22(15-13-18)26(24,25)19-10-5-4-6-11-19/h4-6,10-11,16-18H,7-9,12-15H2,1-3H3,(H,21,23). The van der Waals surface area contributed by atoms with Crippen LogP contribution in [-0.4, -0.2) is 37.8 Å². The van der Waals surface area contributed by atoms with Crippen molar-refractivity contribution in [1.82, 2.24) is 9.62 Å². The number of nitrogens with zero attached hydrogens (tertiary/aromatic N) is 1. The molecular weight excluding hydrogens is 348 g/mol. The van der Waals surface area contributed by atoms with E-state index in [4.69, 9.17) is 0 Å². The molecular formula is C20H32N2O3S. The summed E-state index contributed by atoms with van der Waals surface area (Å²) in [6.45, 7) is 7.27. The van der Waals surface area contributed by atoms with Gasteiger partial charge in [-0.05, 0) is 44.2 Å². The molecule has 0 aliphatic carbocycles. The molecule has 1 aliphatic rings. The van der Waals surface area contributed by atoms with Gasteiger partial charge in [0.25, 0.3) is 0 Å². The Morgan fingerprint density at radius 2 is 1.73 bits per heavy atom. The average molecular weight is 381 g/mol. The maximum Gasteiger partial charge on any atom is 0.243 e. The highest BCUT2D eigenvalue weighted by Crippen LogP contribution is 2.24. The number of rotatable bonds is 8. The van der Waals surface area contributed by atoms with Crippen molar-refractivity contribution in [3.05, 3.63) is 30.3 Å². The van der Waals surface area contributed by atoms with Crippen molar-refractivity contribution >= 4 is 15.9 Å². The van der Waals surface area contributed by atoms with Gasteiger partial charge in [-0.3, -0.25) is 4.79 Å². The SMILES string of the molecule is CC(C)CCCC(C)NC(=O)C1CCN(S(=O)(=O)c2ccccc2)CC1. The number of nitrogens with one attached hydrogen (secondary N) is 1. The van der Waals surface area contributed by atoms with Crippen LogP contribution >= 0.6 is 0 Å². The molecule has 1 atom stereocenters. The maximum atomic E-state index is 12.6. The van der Waals surface area contributed by atoms with Gasteiger partial charge in [-0.25, -0.2) is 8.42 Å². The number of benzene rings is 1. The van der Waals surface area contributed by atoms with Gasteiger partial charge >= 0.3 is 0 Å². The summed E-state index contributed by atoms with van der Waals surface area (Å²) in [5.74, 6) is 0.664. The molecule has 6 heteroatoms. The maximum absolute atomic E-state index is 12.6. The Morgan fingerprint density at radius 1 is 1.12 bits per heavy atom. The first-order valence-corrected chi connectivity index (χ1v) is 11.1. The van der Waals surface area contributed by atoms with E-state index in [9.17, 15) is 13.2 Å². The number of carbonyl (C=O) groups is 1. The zero-order valence-electron chi connectivity index (χ0n) is 16.1. The predicted octanol–water partition coefficient (Wildman–Crippen LogP) is 3.42. The Morgan fingerprint density at radius 3 is 2.31 bits per heavy atom. The quantitative estimate of drug-likeness (QED) is 0.751. The van der Waals surface area contributed by atoms with Gasteiger partial charge in [-0.15, -0.1) is 0 Å². The predicted molar refractivity (Wildman–Crippen MR) is 104 cm³/mol. The normalized spacial score (nSPS) is 18.0. The van der Waals surface area contributed by atoms with E-state index in [0.717, 1.165) is 12.8 Å². The van der Waals surface area contributed by atoms with Crippen molar-refractivity contribution in [2.75, 3.05) is 13.1 Å². The number of piperidine rings is 1. The van der Waals surface area contributed by atoms with E-state index in [0.29, 0.717) is 36.7 Å². The van der Waals surface area contributed by atoms with Crippen molar-refractivity contribution in [3.63, 3.8) is 0 Å². The molecule has 2 rings (SSSR count). The van der Waals surface area contributed by atoms with Gasteiger partial charge in [0.1, 0.15) is 0 Å². The van der Waals surface area contributed by atoms with Gasteiger partial charge in [-0.1, -0.05) is 44.9 Å². The summed E-state index contributed by atoms with van der Waals surface area (Å²) in [5, 5.41) is 3.10. The van der Waals surface area contributed by atoms with Crippen molar-refractivity contribution in [2.24, 2.45) is 11.8 Å². The largest absolute Gasteiger partial charge is 0.353 e. The summed E-state index contributed by atoms with van der Waals surface area (Å²) in [4.78, 5) is 12.8. The van der Waals surface area contributed by atoms with Crippen LogP contribution in [-0.2, 0) is 14.8 Å². The van der Waals surface area contributed by atoms with Crippen LogP contribution in [0.25, 0.3) is 0 Å². The Labute approximate surface area is 158 Å². The lowest BCUT2D eigenvalue weighted by Crippen LogP contribution is -2.44. The van der Waals surface area contributed by atoms with Crippen LogP contribution < -0.4 is 5.32 Å². The number of amides is 1. The zero-order chi connectivity index (χ0) is 19.2. The monoisotopic (exact) mass is 380 g/mol. The second kappa shape index (κ2) is 9.51. The van der Waals surface area contributed by atoms with Crippen LogP contribution in [0.4, 0.5) is 0 Å². The molecule has 1 aromatic carbocycles. The fourth-order valence-corrected chi connectivity index (χ4v) is 4.86. The highest BCUT2D eigenvalue weighted by Gasteiger charge is 2.32. The molecule has 1 heterocycles. The molecule has 1 N–H and O–H groups in total. The highest BCUT2D eigenvalue weighted by atomic mass is 32.2. The van der Waals surface area contributed by atoms with Crippen LogP contribution in [0.2, 0.25) is 0 Å². The molecule has 0 spiro atoms. The summed E-state index contributed by atoms with van der Waals surface area (Å²) in [6.07, 6.45) is 4.45. The molecule has 1 aromatic rings. The molecule has 1 fully saturated rings. The van der Waals surface area contributed by atoms with E-state index < -0.39 is 10.0 Å². The topological polar surface area (TPSA) is 66.5 Å². The van der Waals surface area contributed by atoms with Gasteiger partial charge in [0.15, 0.2) is 0 Å². The lowest BCUT2D eigenvalue weighted by atomic mass is 9.96. The first kappa shape index (κ1) is 20.9. The third-order valence-electron chi connectivity index (χ3n) is 5.01. The van der Waals surface area contributed by atoms with Gasteiger partial charge in [-0.2, -0.15) is 4.31 Å². The third-order valence-corrected chi connectivity index (χ3v) is 6.93. The number of hydrogen-bond donors (Lipinski definition) is 1. The first-order valence-electron chi connectivity index (χ1n) is 9.66. The van der Waals surface area contributed by atoms with Gasteiger partial charge < -0.3 is 5.32 Å². The molecule has 1 aliphatic heterocycles. The number of carbonyl (C=O) groups excluding carboxylic acids is 1. The van der Waals surface area contributed by atoms with E-state index in [1.165, 1.54) is 10.7 Å². The minimum Gasteiger partial charge on any atom is -0.353 e. The van der Waals surface area contributed by atoms with E-state index in [1.807, 2.05) is 6.92 Å². The van der Waals surface area contributed by atoms with E-state index in [2.05, 4.69) is 19.2 Å². The third kappa shape index (κ3) is 5.81. The van der Waals surface area contributed by atoms with Crippen molar-refractivity contribution in [2.45, 2.75) is 63.8 Å². The second-order valence-corrected chi connectivity index (χ2v) is 9.66. The Balaban J connectivity index is 1.81. The van der Waals surface area contributed by atoms with E-state index in [1.54, 1.807) is 30.3 Å². The molecule has 0 bridgehead atoms. The molecule has 1 saturated heterocycles. The van der Waals surface area contributed by atoms with E-state index in [-0.39, 0.29) is 17.9 Å². The summed E-state index contributed by atoms with van der Waals surface area (Å²) in [6, 6.07) is 8.67. The lowest BCUT2D eigenvalue weighted by molar-refractivity contribution is -0.126. The van der Waals surface area contributed by atoms with Crippen molar-refractivity contribution in [1.29, 1.82) is 0 Å². The fraction of sp³-hybridized carbons (Fsp3) is 0.650. The molecule has 1 unspecified atom stereocenters. The summed E-state index contributed by atoms with van der Waals surface area (Å²) < 4.78 is 26.8. The van der Waals surface area contributed by atoms with Crippen molar-refractivity contribution < 1.29 is 13.2 Å². The number of sulfonamides is 1. The summed E-state index contributed by atoms with van der Waals surface area (Å²) in [5.41, 5.74) is 0. The van der Waals surface area contributed by atoms with Crippen LogP contribution in [0.1, 0.15) is 52.9 Å². The van der Waals surface area contributed by atoms with Crippen LogP contribution in [0.15, 0.2) is 35.2 Å². The molecule has 1 amide bonds. The van der Waals surface area contributed by atoms with E-state index >= 15 is 0 Å². The second-order valence-electron chi connectivity index (χ2n) is 7.73. The van der Waals surface area contributed by atoms with Crippen LogP contribution in [0, 0.1) is 11.8 Å². The lowest BCUT2D eigenvalue weighted by Gasteiger charge is -2.31. The van der Waals surface area contributed by atoms with Gasteiger partial charge in [0, 0.05) is 25.0 Å². The highest BCUT2D eigenvalue weighted by molar-refractivity contribution is 7.89. The molecule has 146 valence electrons. The van der Waals surface area contributed by atoms with Gasteiger partial charge in [0.05, 0.1) is 4.90 Å². The smallest absolute Gasteiger partial charge is 0.243 e. The van der Waals surface area contributed by atoms with Gasteiger partial charge in [0.2, 0.25) is 15.9 Å². The van der Waals surface area contributed by atoms with Crippen LogP contribution in [0.3, 0.4) is 0 Å². The Hall–Kier alpha value is -1.40. The fourth-order valence-electron chi connectivity index (χ4n) is 3.37. The molecule has 26 heavy (non-hydrogen) atoms. The summed E-state index contributed by atoms with van der Waals surface area (Å²) >= 11 is 0. The van der Waals surface area contributed by atoms with Crippen LogP contribution in [0.5, 0.6) is 0 Å². The molecule has 5 nitrogen and oxygen atoms in total. The van der Waals surface area contributed by atoms with Crippen molar-refractivity contribution in [3.8, 4) is 0 Å². The minimum absolute atomic E-state index is 0.0683. The first-order chi connectivity index (χ1) is 12.3. The Bertz CT molecular complexity index is 666. The molecule has 0 aromatic heterocycles. The molecule has 0 saturated carbocycles. The zero-order valence-corrected chi connectivity index (χ0v) is 17.0. The minimum atomic E-state index is -3.45. The molecule has 0 radical (unpaired) electrons. The summed E-state index contributed by atoms with van der Waals surface area (Å²) in [7, 11) is -3.45. The number of hydrogen-bond acceptors (Lipinski definition) is 3. The average Bonchev–Trinajstić information content (AvgIpc) is 2.62.